The van der Waals surface area contributed by atoms with Crippen LogP contribution in [-0.2, 0) is 0 Å². The van der Waals surface area contributed by atoms with E-state index < -0.39 is 6.36 Å². The number of nitrogen functional groups attached to an aromatic ring is 1. The number of ether oxygens (including phenoxy) is 1. The van der Waals surface area contributed by atoms with Crippen molar-refractivity contribution >= 4 is 40.4 Å². The molecule has 9 heteroatoms. The van der Waals surface area contributed by atoms with E-state index in [1.165, 1.54) is 39.7 Å². The Morgan fingerprint density at radius 3 is 2.41 bits per heavy atom. The van der Waals surface area contributed by atoms with Crippen molar-refractivity contribution in [2.45, 2.75) is 28.6 Å². The van der Waals surface area contributed by atoms with Crippen molar-refractivity contribution in [3.8, 4) is 5.75 Å². The highest BCUT2D eigenvalue weighted by Crippen LogP contribution is 2.50. The predicted octanol–water partition coefficient (Wildman–Crippen LogP) is 6.47. The SMILES string of the molecule is Clc1ccc2c(c1)N(C1CCNC1)c1ccccc1S2.Nc1ccc(OC(F)(F)F)cc1. The van der Waals surface area contributed by atoms with Gasteiger partial charge in [-0.25, -0.2) is 0 Å². The molecule has 3 N–H and O–H groups in total. The number of hydrogen-bond donors (Lipinski definition) is 2. The lowest BCUT2D eigenvalue weighted by molar-refractivity contribution is -0.274. The van der Waals surface area contributed by atoms with E-state index >= 15 is 0 Å². The Morgan fingerprint density at radius 1 is 1.00 bits per heavy atom. The molecule has 5 rings (SSSR count). The Labute approximate surface area is 193 Å². The van der Waals surface area contributed by atoms with Gasteiger partial charge in [-0.1, -0.05) is 35.5 Å². The van der Waals surface area contributed by atoms with E-state index in [0.29, 0.717) is 11.7 Å². The van der Waals surface area contributed by atoms with E-state index in [2.05, 4.69) is 51.4 Å². The van der Waals surface area contributed by atoms with E-state index in [4.69, 9.17) is 17.3 Å². The van der Waals surface area contributed by atoms with Crippen LogP contribution in [0, 0.1) is 0 Å². The molecule has 0 amide bonds. The zero-order chi connectivity index (χ0) is 22.7. The smallest absolute Gasteiger partial charge is 0.406 e. The average molecular weight is 480 g/mol. The van der Waals surface area contributed by atoms with Gasteiger partial charge in [-0.3, -0.25) is 0 Å². The zero-order valence-electron chi connectivity index (χ0n) is 16.9. The molecule has 3 aromatic rings. The Hall–Kier alpha value is -2.55. The fraction of sp³-hybridized carbons (Fsp3) is 0.217. The van der Waals surface area contributed by atoms with Crippen molar-refractivity contribution < 1.29 is 17.9 Å². The first-order valence-corrected chi connectivity index (χ1v) is 11.2. The van der Waals surface area contributed by atoms with Crippen molar-refractivity contribution in [2.75, 3.05) is 23.7 Å². The summed E-state index contributed by atoms with van der Waals surface area (Å²) in [4.78, 5) is 5.08. The van der Waals surface area contributed by atoms with Crippen molar-refractivity contribution in [3.63, 3.8) is 0 Å². The standard InChI is InChI=1S/C16H15ClN2S.C7H6F3NO/c17-11-5-6-16-14(9-11)19(12-7-8-18-10-12)13-3-1-2-4-15(13)20-16;8-7(9,10)12-6-3-1-5(11)2-4-6/h1-6,9,12,18H,7-8,10H2;1-4H,11H2. The third kappa shape index (κ3) is 5.43. The summed E-state index contributed by atoms with van der Waals surface area (Å²) in [6, 6.07) is 20.3. The number of nitrogens with zero attached hydrogens (tertiary/aromatic N) is 1. The molecule has 0 aliphatic carbocycles. The fourth-order valence-electron chi connectivity index (χ4n) is 3.68. The summed E-state index contributed by atoms with van der Waals surface area (Å²) in [7, 11) is 0. The molecule has 2 aliphatic heterocycles. The van der Waals surface area contributed by atoms with Crippen LogP contribution in [0.15, 0.2) is 76.5 Å². The molecule has 0 radical (unpaired) electrons. The summed E-state index contributed by atoms with van der Waals surface area (Å²) in [5, 5.41) is 4.27. The highest BCUT2D eigenvalue weighted by Gasteiger charge is 2.31. The van der Waals surface area contributed by atoms with E-state index in [0.717, 1.165) is 30.2 Å². The van der Waals surface area contributed by atoms with Gasteiger partial charge in [0.25, 0.3) is 0 Å². The minimum Gasteiger partial charge on any atom is -0.406 e. The van der Waals surface area contributed by atoms with E-state index in [1.807, 2.05) is 17.8 Å². The molecular formula is C23H21ClF3N3OS. The first-order valence-electron chi connectivity index (χ1n) is 9.98. The van der Waals surface area contributed by atoms with Gasteiger partial charge in [-0.05, 0) is 67.6 Å². The Balaban J connectivity index is 0.000000176. The lowest BCUT2D eigenvalue weighted by Crippen LogP contribution is -2.34. The van der Waals surface area contributed by atoms with E-state index in [-0.39, 0.29) is 5.75 Å². The number of fused-ring (bicyclic) bond motifs is 2. The first kappa shape index (κ1) is 22.6. The normalized spacial score (nSPS) is 17.1. The molecule has 0 saturated carbocycles. The number of nitrogens with two attached hydrogens (primary N) is 1. The number of halogens is 4. The monoisotopic (exact) mass is 479 g/mol. The minimum absolute atomic E-state index is 0.267. The van der Waals surface area contributed by atoms with Crippen LogP contribution in [0.5, 0.6) is 5.75 Å². The third-order valence-electron chi connectivity index (χ3n) is 5.04. The van der Waals surface area contributed by atoms with Crippen LogP contribution >= 0.6 is 23.4 Å². The topological polar surface area (TPSA) is 50.5 Å². The summed E-state index contributed by atoms with van der Waals surface area (Å²) in [5.41, 5.74) is 8.20. The molecule has 3 aromatic carbocycles. The van der Waals surface area contributed by atoms with Gasteiger partial charge in [0.15, 0.2) is 0 Å². The number of nitrogens with one attached hydrogen (secondary N) is 1. The summed E-state index contributed by atoms with van der Waals surface area (Å²) in [5.74, 6) is -0.267. The summed E-state index contributed by atoms with van der Waals surface area (Å²) in [6.07, 6.45) is -3.47. The van der Waals surface area contributed by atoms with Crippen molar-refractivity contribution in [1.29, 1.82) is 0 Å². The van der Waals surface area contributed by atoms with Gasteiger partial charge in [-0.2, -0.15) is 0 Å². The molecule has 1 unspecified atom stereocenters. The molecule has 1 saturated heterocycles. The largest absolute Gasteiger partial charge is 0.573 e. The van der Waals surface area contributed by atoms with E-state index in [1.54, 1.807) is 0 Å². The van der Waals surface area contributed by atoms with Crippen LogP contribution < -0.4 is 20.7 Å². The number of benzene rings is 3. The molecule has 0 bridgehead atoms. The maximum Gasteiger partial charge on any atom is 0.573 e. The molecule has 1 atom stereocenters. The maximum atomic E-state index is 11.6. The van der Waals surface area contributed by atoms with Gasteiger partial charge in [-0.15, -0.1) is 13.2 Å². The van der Waals surface area contributed by atoms with Crippen LogP contribution in [0.3, 0.4) is 0 Å². The van der Waals surface area contributed by atoms with Gasteiger partial charge in [0, 0.05) is 33.1 Å². The molecular weight excluding hydrogens is 459 g/mol. The molecule has 168 valence electrons. The average Bonchev–Trinajstić information content (AvgIpc) is 3.28. The van der Waals surface area contributed by atoms with Gasteiger partial charge in [0.05, 0.1) is 11.4 Å². The Morgan fingerprint density at radius 2 is 1.72 bits per heavy atom. The summed E-state index contributed by atoms with van der Waals surface area (Å²) in [6.45, 7) is 2.12. The van der Waals surface area contributed by atoms with Crippen molar-refractivity contribution in [3.05, 3.63) is 71.8 Å². The van der Waals surface area contributed by atoms with Crippen molar-refractivity contribution in [1.82, 2.24) is 5.32 Å². The van der Waals surface area contributed by atoms with Crippen LogP contribution in [-0.4, -0.2) is 25.5 Å². The van der Waals surface area contributed by atoms with Crippen molar-refractivity contribution in [2.24, 2.45) is 0 Å². The second-order valence-corrected chi connectivity index (χ2v) is 8.84. The highest BCUT2D eigenvalue weighted by molar-refractivity contribution is 7.99. The second kappa shape index (κ2) is 9.52. The molecule has 2 heterocycles. The van der Waals surface area contributed by atoms with Crippen LogP contribution in [0.2, 0.25) is 5.02 Å². The molecule has 2 aliphatic rings. The van der Waals surface area contributed by atoms with Gasteiger partial charge in [0.1, 0.15) is 5.75 Å². The predicted molar refractivity (Wildman–Crippen MR) is 123 cm³/mol. The first-order chi connectivity index (χ1) is 15.3. The summed E-state index contributed by atoms with van der Waals surface area (Å²) < 4.78 is 38.4. The quantitative estimate of drug-likeness (QED) is 0.412. The van der Waals surface area contributed by atoms with Gasteiger partial charge in [0.2, 0.25) is 0 Å². The van der Waals surface area contributed by atoms with Gasteiger partial charge < -0.3 is 20.7 Å². The number of alkyl halides is 3. The summed E-state index contributed by atoms with van der Waals surface area (Å²) >= 11 is 8.06. The number of anilines is 3. The maximum absolute atomic E-state index is 11.6. The number of rotatable bonds is 2. The zero-order valence-corrected chi connectivity index (χ0v) is 18.5. The minimum atomic E-state index is -4.64. The third-order valence-corrected chi connectivity index (χ3v) is 6.40. The molecule has 32 heavy (non-hydrogen) atoms. The highest BCUT2D eigenvalue weighted by atomic mass is 35.5. The molecule has 1 fully saturated rings. The molecule has 0 spiro atoms. The molecule has 0 aromatic heterocycles. The molecule has 4 nitrogen and oxygen atoms in total. The Kier molecular flexibility index (Phi) is 6.74. The lowest BCUT2D eigenvalue weighted by Gasteiger charge is -2.37. The van der Waals surface area contributed by atoms with Gasteiger partial charge >= 0.3 is 6.36 Å². The van der Waals surface area contributed by atoms with Crippen LogP contribution in [0.25, 0.3) is 0 Å². The van der Waals surface area contributed by atoms with Crippen LogP contribution in [0.4, 0.5) is 30.2 Å². The van der Waals surface area contributed by atoms with E-state index in [9.17, 15) is 13.2 Å². The van der Waals surface area contributed by atoms with Crippen LogP contribution in [0.1, 0.15) is 6.42 Å². The fourth-order valence-corrected chi connectivity index (χ4v) is 4.90. The number of para-hydroxylation sites is 1. The second-order valence-electron chi connectivity index (χ2n) is 7.32. The number of hydrogen-bond acceptors (Lipinski definition) is 5. The lowest BCUT2D eigenvalue weighted by atomic mass is 10.1. The Bertz CT molecular complexity index is 1070.